The standard InChI is InChI=1S/C13H22N4S/c1-10(2)14-6-12-7-16-13(8-15-12)17-4-5-18-11(3)9-17/h7-8,10-11,14H,4-6,9H2,1-3H3. The molecular weight excluding hydrogens is 244 g/mol. The van der Waals surface area contributed by atoms with E-state index in [0.717, 1.165) is 31.1 Å². The van der Waals surface area contributed by atoms with Crippen LogP contribution in [0, 0.1) is 0 Å². The number of anilines is 1. The monoisotopic (exact) mass is 266 g/mol. The molecule has 1 N–H and O–H groups in total. The molecular formula is C13H22N4S. The molecule has 1 aromatic heterocycles. The van der Waals surface area contributed by atoms with Crippen molar-refractivity contribution in [2.45, 2.75) is 38.6 Å². The van der Waals surface area contributed by atoms with E-state index in [0.29, 0.717) is 11.3 Å². The maximum atomic E-state index is 4.53. The van der Waals surface area contributed by atoms with Gasteiger partial charge in [-0.15, -0.1) is 0 Å². The number of rotatable bonds is 4. The van der Waals surface area contributed by atoms with Crippen LogP contribution >= 0.6 is 11.8 Å². The van der Waals surface area contributed by atoms with E-state index in [2.05, 4.69) is 41.0 Å². The lowest BCUT2D eigenvalue weighted by Gasteiger charge is -2.31. The first-order valence-corrected chi connectivity index (χ1v) is 7.61. The number of nitrogens with zero attached hydrogens (tertiary/aromatic N) is 3. The van der Waals surface area contributed by atoms with Crippen LogP contribution < -0.4 is 10.2 Å². The van der Waals surface area contributed by atoms with Crippen molar-refractivity contribution in [2.75, 3.05) is 23.7 Å². The maximum Gasteiger partial charge on any atom is 0.147 e. The number of hydrogen-bond donors (Lipinski definition) is 1. The SMILES string of the molecule is CC(C)NCc1cnc(N2CCSC(C)C2)cn1. The minimum absolute atomic E-state index is 0.478. The van der Waals surface area contributed by atoms with Gasteiger partial charge in [-0.25, -0.2) is 4.98 Å². The molecule has 1 unspecified atom stereocenters. The molecule has 2 rings (SSSR count). The van der Waals surface area contributed by atoms with Gasteiger partial charge >= 0.3 is 0 Å². The first kappa shape index (κ1) is 13.6. The zero-order valence-corrected chi connectivity index (χ0v) is 12.2. The van der Waals surface area contributed by atoms with E-state index in [9.17, 15) is 0 Å². The molecule has 1 aromatic rings. The van der Waals surface area contributed by atoms with Crippen molar-refractivity contribution in [1.82, 2.24) is 15.3 Å². The summed E-state index contributed by atoms with van der Waals surface area (Å²) >= 11 is 2.03. The molecule has 5 heteroatoms. The Kier molecular flexibility index (Phi) is 4.83. The van der Waals surface area contributed by atoms with E-state index in [1.807, 2.05) is 24.2 Å². The van der Waals surface area contributed by atoms with Gasteiger partial charge in [0.1, 0.15) is 5.82 Å². The van der Waals surface area contributed by atoms with Gasteiger partial charge in [0.2, 0.25) is 0 Å². The molecule has 2 heterocycles. The molecule has 1 aliphatic heterocycles. The normalized spacial score (nSPS) is 20.4. The molecule has 0 aromatic carbocycles. The van der Waals surface area contributed by atoms with Gasteiger partial charge in [-0.05, 0) is 0 Å². The van der Waals surface area contributed by atoms with Crippen LogP contribution in [0.4, 0.5) is 5.82 Å². The summed E-state index contributed by atoms with van der Waals surface area (Å²) in [7, 11) is 0. The summed E-state index contributed by atoms with van der Waals surface area (Å²) in [6.07, 6.45) is 3.79. The highest BCUT2D eigenvalue weighted by molar-refractivity contribution is 8.00. The largest absolute Gasteiger partial charge is 0.353 e. The van der Waals surface area contributed by atoms with Crippen LogP contribution in [-0.4, -0.2) is 40.1 Å². The molecule has 1 fully saturated rings. The summed E-state index contributed by atoms with van der Waals surface area (Å²) in [4.78, 5) is 11.3. The number of thioether (sulfide) groups is 1. The van der Waals surface area contributed by atoms with E-state index in [1.54, 1.807) is 0 Å². The fraction of sp³-hybridized carbons (Fsp3) is 0.692. The van der Waals surface area contributed by atoms with Crippen molar-refractivity contribution in [2.24, 2.45) is 0 Å². The first-order chi connectivity index (χ1) is 8.65. The zero-order valence-electron chi connectivity index (χ0n) is 11.4. The van der Waals surface area contributed by atoms with Crippen molar-refractivity contribution in [3.8, 4) is 0 Å². The van der Waals surface area contributed by atoms with Crippen LogP contribution in [0.15, 0.2) is 12.4 Å². The summed E-state index contributed by atoms with van der Waals surface area (Å²) in [5.74, 6) is 2.19. The Morgan fingerprint density at radius 3 is 2.89 bits per heavy atom. The van der Waals surface area contributed by atoms with Crippen LogP contribution in [0.1, 0.15) is 26.5 Å². The van der Waals surface area contributed by atoms with Crippen LogP contribution in [0.3, 0.4) is 0 Å². The molecule has 0 amide bonds. The number of hydrogen-bond acceptors (Lipinski definition) is 5. The fourth-order valence-electron chi connectivity index (χ4n) is 1.94. The molecule has 0 radical (unpaired) electrons. The highest BCUT2D eigenvalue weighted by Gasteiger charge is 2.17. The second-order valence-electron chi connectivity index (χ2n) is 5.03. The molecule has 4 nitrogen and oxygen atoms in total. The molecule has 1 aliphatic rings. The average molecular weight is 266 g/mol. The second kappa shape index (κ2) is 6.38. The molecule has 0 bridgehead atoms. The minimum Gasteiger partial charge on any atom is -0.353 e. The average Bonchev–Trinajstić information content (AvgIpc) is 2.37. The summed E-state index contributed by atoms with van der Waals surface area (Å²) < 4.78 is 0. The van der Waals surface area contributed by atoms with Gasteiger partial charge in [-0.3, -0.25) is 4.98 Å². The van der Waals surface area contributed by atoms with E-state index < -0.39 is 0 Å². The highest BCUT2D eigenvalue weighted by atomic mass is 32.2. The third-order valence-electron chi connectivity index (χ3n) is 2.95. The molecule has 1 atom stereocenters. The summed E-state index contributed by atoms with van der Waals surface area (Å²) in [5, 5.41) is 4.03. The Morgan fingerprint density at radius 2 is 2.28 bits per heavy atom. The lowest BCUT2D eigenvalue weighted by atomic mass is 10.3. The van der Waals surface area contributed by atoms with Crippen LogP contribution in [-0.2, 0) is 6.54 Å². The quantitative estimate of drug-likeness (QED) is 0.901. The third kappa shape index (κ3) is 3.85. The Balaban J connectivity index is 1.94. The predicted octanol–water partition coefficient (Wildman–Crippen LogP) is 1.92. The van der Waals surface area contributed by atoms with Gasteiger partial charge in [0, 0.05) is 36.7 Å². The van der Waals surface area contributed by atoms with Crippen molar-refractivity contribution >= 4 is 17.6 Å². The Morgan fingerprint density at radius 1 is 1.44 bits per heavy atom. The van der Waals surface area contributed by atoms with E-state index in [-0.39, 0.29) is 0 Å². The van der Waals surface area contributed by atoms with Crippen molar-refractivity contribution < 1.29 is 0 Å². The van der Waals surface area contributed by atoms with E-state index >= 15 is 0 Å². The highest BCUT2D eigenvalue weighted by Crippen LogP contribution is 2.21. The van der Waals surface area contributed by atoms with Crippen molar-refractivity contribution in [3.05, 3.63) is 18.1 Å². The van der Waals surface area contributed by atoms with Crippen molar-refractivity contribution in [1.29, 1.82) is 0 Å². The maximum absolute atomic E-state index is 4.53. The van der Waals surface area contributed by atoms with Gasteiger partial charge < -0.3 is 10.2 Å². The zero-order chi connectivity index (χ0) is 13.0. The summed E-state index contributed by atoms with van der Waals surface area (Å²) in [6, 6.07) is 0.478. The molecule has 0 spiro atoms. The molecule has 0 aliphatic carbocycles. The predicted molar refractivity (Wildman–Crippen MR) is 78.1 cm³/mol. The summed E-state index contributed by atoms with van der Waals surface area (Å²) in [5.41, 5.74) is 1.01. The van der Waals surface area contributed by atoms with Gasteiger partial charge in [-0.1, -0.05) is 20.8 Å². The lowest BCUT2D eigenvalue weighted by molar-refractivity contribution is 0.580. The van der Waals surface area contributed by atoms with Gasteiger partial charge in [0.15, 0.2) is 0 Å². The van der Waals surface area contributed by atoms with Crippen LogP contribution in [0.2, 0.25) is 0 Å². The molecule has 0 saturated carbocycles. The second-order valence-corrected chi connectivity index (χ2v) is 6.58. The van der Waals surface area contributed by atoms with Gasteiger partial charge in [0.05, 0.1) is 18.1 Å². The van der Waals surface area contributed by atoms with Crippen LogP contribution in [0.25, 0.3) is 0 Å². The topological polar surface area (TPSA) is 41.1 Å². The van der Waals surface area contributed by atoms with Gasteiger partial charge in [-0.2, -0.15) is 11.8 Å². The Bertz CT molecular complexity index is 366. The Hall–Kier alpha value is -0.810. The first-order valence-electron chi connectivity index (χ1n) is 6.56. The fourth-order valence-corrected chi connectivity index (χ4v) is 2.95. The molecule has 100 valence electrons. The number of nitrogens with one attached hydrogen (secondary N) is 1. The summed E-state index contributed by atoms with van der Waals surface area (Å²) in [6.45, 7) is 9.47. The lowest BCUT2D eigenvalue weighted by Crippen LogP contribution is -2.37. The van der Waals surface area contributed by atoms with E-state index in [4.69, 9.17) is 0 Å². The third-order valence-corrected chi connectivity index (χ3v) is 4.08. The Labute approximate surface area is 114 Å². The van der Waals surface area contributed by atoms with Crippen molar-refractivity contribution in [3.63, 3.8) is 0 Å². The number of aromatic nitrogens is 2. The molecule has 18 heavy (non-hydrogen) atoms. The van der Waals surface area contributed by atoms with E-state index in [1.165, 1.54) is 5.75 Å². The smallest absolute Gasteiger partial charge is 0.147 e. The van der Waals surface area contributed by atoms with Crippen LogP contribution in [0.5, 0.6) is 0 Å². The van der Waals surface area contributed by atoms with Gasteiger partial charge in [0.25, 0.3) is 0 Å². The molecule has 1 saturated heterocycles. The minimum atomic E-state index is 0.478.